The third-order valence-electron chi connectivity index (χ3n) is 2.29. The predicted octanol–water partition coefficient (Wildman–Crippen LogP) is -0.701. The molecular formula is C8H24O10SSi2. The molecule has 0 unspecified atom stereocenters. The van der Waals surface area contributed by atoms with Gasteiger partial charge in [-0.1, -0.05) is 0 Å². The van der Waals surface area contributed by atoms with Crippen molar-refractivity contribution in [2.24, 2.45) is 0 Å². The molecule has 13 heteroatoms. The number of hydrogen-bond donors (Lipinski definition) is 1. The van der Waals surface area contributed by atoms with Gasteiger partial charge in [-0.15, -0.1) is 0 Å². The van der Waals surface area contributed by atoms with Crippen molar-refractivity contribution in [3.63, 3.8) is 0 Å². The fraction of sp³-hybridized carbons (Fsp3) is 1.00. The van der Waals surface area contributed by atoms with Crippen LogP contribution in [-0.4, -0.2) is 86.0 Å². The molecule has 0 radical (unpaired) electrons. The van der Waals surface area contributed by atoms with Gasteiger partial charge in [0.1, 0.15) is 5.38 Å². The van der Waals surface area contributed by atoms with Crippen molar-refractivity contribution in [3.8, 4) is 0 Å². The third-order valence-corrected chi connectivity index (χ3v) is 9.03. The van der Waals surface area contributed by atoms with Crippen LogP contribution in [0.3, 0.4) is 0 Å². The zero-order valence-corrected chi connectivity index (χ0v) is 16.1. The van der Waals surface area contributed by atoms with Crippen LogP contribution >= 0.6 is 0 Å². The van der Waals surface area contributed by atoms with Crippen LogP contribution in [-0.2, 0) is 41.1 Å². The molecule has 0 spiro atoms. The average molecular weight is 369 g/mol. The molecule has 0 heterocycles. The average Bonchev–Trinajstić information content (AvgIpc) is 2.47. The summed E-state index contributed by atoms with van der Waals surface area (Å²) in [5.41, 5.74) is 0. The minimum atomic E-state index is -4.13. The van der Waals surface area contributed by atoms with Gasteiger partial charge < -0.3 is 31.0 Å². The van der Waals surface area contributed by atoms with Gasteiger partial charge in [-0.3, -0.25) is 4.55 Å². The molecule has 0 aliphatic carbocycles. The van der Waals surface area contributed by atoms with Crippen molar-refractivity contribution < 1.29 is 44.0 Å². The molecule has 0 bridgehead atoms. The van der Waals surface area contributed by atoms with Crippen LogP contribution in [0.15, 0.2) is 0 Å². The van der Waals surface area contributed by atoms with Crippen molar-refractivity contribution in [1.29, 1.82) is 0 Å². The Labute approximate surface area is 127 Å². The Kier molecular flexibility index (Phi) is 11.9. The minimum absolute atomic E-state index is 0.635. The summed E-state index contributed by atoms with van der Waals surface area (Å²) >= 11 is 0. The molecule has 0 aromatic rings. The van der Waals surface area contributed by atoms with Gasteiger partial charge in [0.15, 0.2) is 0 Å². The van der Waals surface area contributed by atoms with Crippen LogP contribution in [0.25, 0.3) is 0 Å². The van der Waals surface area contributed by atoms with Crippen LogP contribution in [0, 0.1) is 0 Å². The van der Waals surface area contributed by atoms with E-state index in [9.17, 15) is 8.42 Å². The lowest BCUT2D eigenvalue weighted by molar-refractivity contribution is 0.0226. The third kappa shape index (κ3) is 8.94. The van der Waals surface area contributed by atoms with E-state index in [0.29, 0.717) is 0 Å². The van der Waals surface area contributed by atoms with Crippen molar-refractivity contribution in [2.45, 2.75) is 0 Å². The number of hydrogen-bond acceptors (Lipinski definition) is 9. The van der Waals surface area contributed by atoms with E-state index >= 15 is 0 Å². The van der Waals surface area contributed by atoms with Gasteiger partial charge in [0.05, 0.1) is 0 Å². The lowest BCUT2D eigenvalue weighted by atomic mass is 11.8. The second-order valence-corrected chi connectivity index (χ2v) is 10.9. The zero-order valence-electron chi connectivity index (χ0n) is 13.2. The Morgan fingerprint density at radius 3 is 1.05 bits per heavy atom. The van der Waals surface area contributed by atoms with Crippen LogP contribution in [0.4, 0.5) is 0 Å². The molecule has 0 amide bonds. The summed E-state index contributed by atoms with van der Waals surface area (Å²) in [5.74, 6) is 0. The normalized spacial score (nSPS) is 12.8. The Morgan fingerprint density at radius 1 is 0.714 bits per heavy atom. The van der Waals surface area contributed by atoms with Gasteiger partial charge in [-0.05, 0) is 0 Å². The number of rotatable bonds is 9. The molecule has 130 valence electrons. The summed E-state index contributed by atoms with van der Waals surface area (Å²) in [4.78, 5) is 0. The molecule has 0 saturated carbocycles. The highest BCUT2D eigenvalue weighted by Crippen LogP contribution is 2.08. The van der Waals surface area contributed by atoms with Gasteiger partial charge in [0.25, 0.3) is 10.1 Å². The molecule has 10 nitrogen and oxygen atoms in total. The smallest absolute Gasteiger partial charge is 0.376 e. The zero-order chi connectivity index (χ0) is 17.2. The van der Waals surface area contributed by atoms with E-state index in [1.807, 2.05) is 0 Å². The highest BCUT2D eigenvalue weighted by Gasteiger charge is 2.43. The Morgan fingerprint density at radius 2 is 1.00 bits per heavy atom. The second kappa shape index (κ2) is 10.7. The summed E-state index contributed by atoms with van der Waals surface area (Å²) in [7, 11) is -0.253. The summed E-state index contributed by atoms with van der Waals surface area (Å²) in [6.45, 7) is 0. The first-order chi connectivity index (χ1) is 9.63. The van der Waals surface area contributed by atoms with Crippen molar-refractivity contribution in [1.82, 2.24) is 0 Å². The summed E-state index contributed by atoms with van der Waals surface area (Å²) < 4.78 is 63.2. The molecule has 0 saturated heterocycles. The van der Waals surface area contributed by atoms with Gasteiger partial charge in [-0.2, -0.15) is 8.42 Å². The van der Waals surface area contributed by atoms with E-state index in [2.05, 4.69) is 0 Å². The molecule has 0 aromatic heterocycles. The molecule has 0 rings (SSSR count). The Balaban J connectivity index is 0. The Bertz CT molecular complexity index is 328. The van der Waals surface area contributed by atoms with Crippen LogP contribution in [0.5, 0.6) is 0 Å². The molecule has 0 aromatic carbocycles. The minimum Gasteiger partial charge on any atom is -0.376 e. The largest absolute Gasteiger partial charge is 0.678 e. The first-order valence-electron chi connectivity index (χ1n) is 5.44. The fourth-order valence-electron chi connectivity index (χ4n) is 1.15. The van der Waals surface area contributed by atoms with Crippen molar-refractivity contribution in [2.75, 3.05) is 55.1 Å². The highest BCUT2D eigenvalue weighted by atomic mass is 32.2. The van der Waals surface area contributed by atoms with Gasteiger partial charge in [-0.25, -0.2) is 0 Å². The summed E-state index contributed by atoms with van der Waals surface area (Å²) in [6, 6.07) is 0. The van der Waals surface area contributed by atoms with Crippen LogP contribution in [0.2, 0.25) is 0 Å². The van der Waals surface area contributed by atoms with E-state index in [4.69, 9.17) is 35.5 Å². The summed E-state index contributed by atoms with van der Waals surface area (Å²) in [5, 5.41) is -0.635. The standard InChI is InChI=1S/C4H12O6SSi.C4H12O4Si/c1-8-12(9-2,10-3)4-11(5,6)7;1-5-9(6-2,7-3)8-4/h4H2,1-3H3,(H,5,6,7);1-4H3. The molecule has 21 heavy (non-hydrogen) atoms. The molecule has 0 fully saturated rings. The lowest BCUT2D eigenvalue weighted by Gasteiger charge is -2.22. The van der Waals surface area contributed by atoms with Crippen molar-refractivity contribution in [3.05, 3.63) is 0 Å². The van der Waals surface area contributed by atoms with E-state index in [-0.39, 0.29) is 0 Å². The van der Waals surface area contributed by atoms with E-state index in [1.165, 1.54) is 49.8 Å². The quantitative estimate of drug-likeness (QED) is 0.413. The van der Waals surface area contributed by atoms with Crippen LogP contribution < -0.4 is 0 Å². The predicted molar refractivity (Wildman–Crippen MR) is 77.0 cm³/mol. The van der Waals surface area contributed by atoms with E-state index < -0.39 is 33.3 Å². The molecule has 1 N–H and O–H groups in total. The van der Waals surface area contributed by atoms with Gasteiger partial charge >= 0.3 is 17.9 Å². The molecular weight excluding hydrogens is 344 g/mol. The van der Waals surface area contributed by atoms with E-state index in [1.54, 1.807) is 0 Å². The van der Waals surface area contributed by atoms with Crippen molar-refractivity contribution >= 4 is 28.0 Å². The van der Waals surface area contributed by atoms with E-state index in [0.717, 1.165) is 0 Å². The molecule has 0 aliphatic heterocycles. The van der Waals surface area contributed by atoms with Gasteiger partial charge in [0, 0.05) is 49.8 Å². The fourth-order valence-corrected chi connectivity index (χ4v) is 5.85. The van der Waals surface area contributed by atoms with Gasteiger partial charge in [0.2, 0.25) is 0 Å². The molecule has 0 aliphatic rings. The molecule has 0 atom stereocenters. The summed E-state index contributed by atoms with van der Waals surface area (Å²) in [6.07, 6.45) is 0. The topological polar surface area (TPSA) is 119 Å². The monoisotopic (exact) mass is 368 g/mol. The Hall–Kier alpha value is 0.0638. The second-order valence-electron chi connectivity index (χ2n) is 3.34. The first kappa shape index (κ1) is 23.3. The van der Waals surface area contributed by atoms with Crippen LogP contribution in [0.1, 0.15) is 0 Å². The maximum atomic E-state index is 10.5. The highest BCUT2D eigenvalue weighted by molar-refractivity contribution is 7.87. The first-order valence-corrected chi connectivity index (χ1v) is 10.6. The maximum Gasteiger partial charge on any atom is 0.678 e. The maximum absolute atomic E-state index is 10.5. The SMILES string of the molecule is CO[Si](CS(=O)(=O)O)(OC)OC.CO[Si](OC)(OC)OC. The lowest BCUT2D eigenvalue weighted by Crippen LogP contribution is -2.49.